The summed E-state index contributed by atoms with van der Waals surface area (Å²) in [4.78, 5) is 6.76. The summed E-state index contributed by atoms with van der Waals surface area (Å²) in [6.45, 7) is 11.6. The van der Waals surface area contributed by atoms with Crippen molar-refractivity contribution in [1.82, 2.24) is 19.8 Å². The second kappa shape index (κ2) is 6.53. The zero-order valence-corrected chi connectivity index (χ0v) is 12.8. The number of piperidine rings is 1. The molecule has 2 rings (SSSR count). The Balaban J connectivity index is 1.75. The fourth-order valence-corrected chi connectivity index (χ4v) is 3.23. The highest BCUT2D eigenvalue weighted by Crippen LogP contribution is 2.20. The first kappa shape index (κ1) is 14.5. The van der Waals surface area contributed by atoms with Gasteiger partial charge in [0.05, 0.1) is 12.0 Å². The van der Waals surface area contributed by atoms with Crippen LogP contribution in [0.3, 0.4) is 0 Å². The van der Waals surface area contributed by atoms with Crippen molar-refractivity contribution in [3.05, 3.63) is 18.2 Å². The Labute approximate surface area is 117 Å². The molecule has 3 unspecified atom stereocenters. The monoisotopic (exact) mass is 264 g/mol. The molecule has 1 aromatic rings. The van der Waals surface area contributed by atoms with Crippen LogP contribution in [0.5, 0.6) is 0 Å². The van der Waals surface area contributed by atoms with Crippen LogP contribution < -0.4 is 5.32 Å². The van der Waals surface area contributed by atoms with E-state index in [0.717, 1.165) is 24.9 Å². The number of aromatic nitrogens is 2. The van der Waals surface area contributed by atoms with E-state index in [1.165, 1.54) is 25.2 Å². The van der Waals surface area contributed by atoms with Crippen molar-refractivity contribution in [3.63, 3.8) is 0 Å². The summed E-state index contributed by atoms with van der Waals surface area (Å²) in [7, 11) is 2.04. The Bertz CT molecular complexity index is 377. The van der Waals surface area contributed by atoms with E-state index in [9.17, 15) is 0 Å². The van der Waals surface area contributed by atoms with Gasteiger partial charge in [0, 0.05) is 45.5 Å². The lowest BCUT2D eigenvalue weighted by molar-refractivity contribution is 0.130. The summed E-state index contributed by atoms with van der Waals surface area (Å²) in [5.41, 5.74) is 1.24. The van der Waals surface area contributed by atoms with Gasteiger partial charge in [-0.1, -0.05) is 13.8 Å². The number of imidazole rings is 1. The average molecular weight is 264 g/mol. The molecular formula is C15H28N4. The topological polar surface area (TPSA) is 33.1 Å². The van der Waals surface area contributed by atoms with Gasteiger partial charge in [-0.05, 0) is 25.2 Å². The highest BCUT2D eigenvalue weighted by molar-refractivity contribution is 4.97. The second-order valence-corrected chi connectivity index (χ2v) is 6.44. The number of hydrogen-bond acceptors (Lipinski definition) is 3. The van der Waals surface area contributed by atoms with Crippen LogP contribution in [0.1, 0.15) is 32.9 Å². The molecule has 19 heavy (non-hydrogen) atoms. The molecule has 0 radical (unpaired) electrons. The quantitative estimate of drug-likeness (QED) is 0.881. The highest BCUT2D eigenvalue weighted by Gasteiger charge is 2.22. The normalized spacial score (nSPS) is 26.5. The molecule has 0 aromatic carbocycles. The molecule has 0 saturated carbocycles. The van der Waals surface area contributed by atoms with Crippen LogP contribution in [0.2, 0.25) is 0 Å². The number of likely N-dealkylation sites (tertiary alicyclic amines) is 1. The molecule has 108 valence electrons. The van der Waals surface area contributed by atoms with Crippen LogP contribution in [-0.4, -0.2) is 40.1 Å². The highest BCUT2D eigenvalue weighted by atomic mass is 15.2. The van der Waals surface area contributed by atoms with E-state index >= 15 is 0 Å². The van der Waals surface area contributed by atoms with Crippen LogP contribution in [0.4, 0.5) is 0 Å². The lowest BCUT2D eigenvalue weighted by atomic mass is 9.92. The maximum atomic E-state index is 4.15. The first-order valence-electron chi connectivity index (χ1n) is 7.45. The molecule has 1 aromatic heterocycles. The molecule has 1 aliphatic rings. The number of rotatable bonds is 5. The first-order chi connectivity index (χ1) is 9.04. The van der Waals surface area contributed by atoms with E-state index in [4.69, 9.17) is 0 Å². The lowest BCUT2D eigenvalue weighted by Crippen LogP contribution is -2.45. The van der Waals surface area contributed by atoms with Gasteiger partial charge < -0.3 is 14.8 Å². The summed E-state index contributed by atoms with van der Waals surface area (Å²) < 4.78 is 2.07. The van der Waals surface area contributed by atoms with Crippen molar-refractivity contribution in [2.45, 2.75) is 39.8 Å². The Kier molecular flexibility index (Phi) is 4.99. The molecule has 0 aliphatic carbocycles. The summed E-state index contributed by atoms with van der Waals surface area (Å²) in [6.07, 6.45) is 5.17. The van der Waals surface area contributed by atoms with Gasteiger partial charge in [-0.25, -0.2) is 4.98 Å². The summed E-state index contributed by atoms with van der Waals surface area (Å²) in [5.74, 6) is 1.68. The van der Waals surface area contributed by atoms with E-state index in [1.807, 2.05) is 19.6 Å². The minimum atomic E-state index is 0.521. The lowest BCUT2D eigenvalue weighted by Gasteiger charge is -2.36. The molecule has 1 saturated heterocycles. The SMILES string of the molecule is CC1CC(C)CN(CC(C)NCc2cncn2C)C1. The second-order valence-electron chi connectivity index (χ2n) is 6.44. The van der Waals surface area contributed by atoms with Gasteiger partial charge in [0.2, 0.25) is 0 Å². The largest absolute Gasteiger partial charge is 0.337 e. The fraction of sp³-hybridized carbons (Fsp3) is 0.800. The van der Waals surface area contributed by atoms with Crippen molar-refractivity contribution in [2.75, 3.05) is 19.6 Å². The summed E-state index contributed by atoms with van der Waals surface area (Å²) >= 11 is 0. The zero-order chi connectivity index (χ0) is 13.8. The van der Waals surface area contributed by atoms with E-state index in [2.05, 4.69) is 40.5 Å². The number of nitrogens with zero attached hydrogens (tertiary/aromatic N) is 3. The average Bonchev–Trinajstić information content (AvgIpc) is 2.71. The van der Waals surface area contributed by atoms with E-state index in [1.54, 1.807) is 0 Å². The maximum Gasteiger partial charge on any atom is 0.0945 e. The fourth-order valence-electron chi connectivity index (χ4n) is 3.23. The zero-order valence-electron chi connectivity index (χ0n) is 12.8. The predicted octanol–water partition coefficient (Wildman–Crippen LogP) is 1.88. The van der Waals surface area contributed by atoms with Gasteiger partial charge in [0.25, 0.3) is 0 Å². The molecule has 0 amide bonds. The van der Waals surface area contributed by atoms with Crippen molar-refractivity contribution >= 4 is 0 Å². The number of hydrogen-bond donors (Lipinski definition) is 1. The van der Waals surface area contributed by atoms with Gasteiger partial charge in [0.15, 0.2) is 0 Å². The number of nitrogens with one attached hydrogen (secondary N) is 1. The van der Waals surface area contributed by atoms with Crippen LogP contribution in [0, 0.1) is 11.8 Å². The molecule has 1 N–H and O–H groups in total. The summed E-state index contributed by atoms with van der Waals surface area (Å²) in [5, 5.41) is 3.60. The molecule has 1 aliphatic heterocycles. The van der Waals surface area contributed by atoms with Gasteiger partial charge >= 0.3 is 0 Å². The van der Waals surface area contributed by atoms with Crippen molar-refractivity contribution in [3.8, 4) is 0 Å². The Morgan fingerprint density at radius 3 is 2.63 bits per heavy atom. The molecule has 1 fully saturated rings. The smallest absolute Gasteiger partial charge is 0.0945 e. The minimum absolute atomic E-state index is 0.521. The van der Waals surface area contributed by atoms with Crippen LogP contribution in [0.25, 0.3) is 0 Å². The third-order valence-electron chi connectivity index (χ3n) is 4.02. The molecular weight excluding hydrogens is 236 g/mol. The van der Waals surface area contributed by atoms with Crippen LogP contribution in [0.15, 0.2) is 12.5 Å². The molecule has 0 bridgehead atoms. The van der Waals surface area contributed by atoms with Crippen molar-refractivity contribution < 1.29 is 0 Å². The first-order valence-corrected chi connectivity index (χ1v) is 7.45. The molecule has 3 atom stereocenters. The van der Waals surface area contributed by atoms with Gasteiger partial charge in [-0.15, -0.1) is 0 Å². The van der Waals surface area contributed by atoms with E-state index in [-0.39, 0.29) is 0 Å². The van der Waals surface area contributed by atoms with Crippen molar-refractivity contribution in [1.29, 1.82) is 0 Å². The molecule has 4 heteroatoms. The van der Waals surface area contributed by atoms with Gasteiger partial charge in [-0.3, -0.25) is 0 Å². The standard InChI is InChI=1S/C15H28N4/c1-12-5-13(2)9-19(8-12)10-14(3)17-7-15-6-16-11-18(15)4/h6,11-14,17H,5,7-10H2,1-4H3. The van der Waals surface area contributed by atoms with Gasteiger partial charge in [-0.2, -0.15) is 0 Å². The molecule has 0 spiro atoms. The summed E-state index contributed by atoms with van der Waals surface area (Å²) in [6, 6.07) is 0.521. The molecule has 2 heterocycles. The van der Waals surface area contributed by atoms with E-state index in [0.29, 0.717) is 6.04 Å². The third-order valence-corrected chi connectivity index (χ3v) is 4.02. The third kappa shape index (κ3) is 4.32. The Morgan fingerprint density at radius 1 is 1.37 bits per heavy atom. The Hall–Kier alpha value is -0.870. The van der Waals surface area contributed by atoms with Crippen molar-refractivity contribution in [2.24, 2.45) is 18.9 Å². The number of aryl methyl sites for hydroxylation is 1. The van der Waals surface area contributed by atoms with Gasteiger partial charge in [0.1, 0.15) is 0 Å². The maximum absolute atomic E-state index is 4.15. The van der Waals surface area contributed by atoms with E-state index < -0.39 is 0 Å². The van der Waals surface area contributed by atoms with Crippen LogP contribution >= 0.6 is 0 Å². The Morgan fingerprint density at radius 2 is 2.05 bits per heavy atom. The predicted molar refractivity (Wildman–Crippen MR) is 78.9 cm³/mol. The van der Waals surface area contributed by atoms with Crippen LogP contribution in [-0.2, 0) is 13.6 Å². The minimum Gasteiger partial charge on any atom is -0.337 e. The molecule has 4 nitrogen and oxygen atoms in total.